The molecule has 8 heteroatoms. The van der Waals surface area contributed by atoms with Crippen LogP contribution < -0.4 is 0 Å². The van der Waals surface area contributed by atoms with Crippen LogP contribution in [0.3, 0.4) is 0 Å². The van der Waals surface area contributed by atoms with Crippen molar-refractivity contribution in [3.05, 3.63) is 59.4 Å². The zero-order chi connectivity index (χ0) is 19.4. The zero-order valence-corrected chi connectivity index (χ0v) is 15.2. The Kier molecular flexibility index (Phi) is 5.59. The van der Waals surface area contributed by atoms with Gasteiger partial charge in [0.05, 0.1) is 55.0 Å². The molecule has 0 radical (unpaired) electrons. The number of hydrogen-bond acceptors (Lipinski definition) is 7. The molecule has 28 heavy (non-hydrogen) atoms. The number of pyridine rings is 2. The second kappa shape index (κ2) is 8.29. The van der Waals surface area contributed by atoms with E-state index < -0.39 is 12.2 Å². The van der Waals surface area contributed by atoms with E-state index in [0.717, 1.165) is 24.2 Å². The van der Waals surface area contributed by atoms with E-state index in [1.165, 1.54) is 6.07 Å². The van der Waals surface area contributed by atoms with Crippen molar-refractivity contribution in [2.45, 2.75) is 30.8 Å². The molecule has 4 heterocycles. The zero-order valence-electron chi connectivity index (χ0n) is 15.2. The molecule has 146 valence electrons. The SMILES string of the molecule is Fc1cccc(C2OCCO2)n1.N#CC1(c2cccc(C3OCCO3)n2)CC1. The highest BCUT2D eigenvalue weighted by Gasteiger charge is 2.46. The fourth-order valence-corrected chi connectivity index (χ4v) is 3.01. The van der Waals surface area contributed by atoms with Crippen LogP contribution in [-0.2, 0) is 24.4 Å². The summed E-state index contributed by atoms with van der Waals surface area (Å²) >= 11 is 0. The molecule has 0 unspecified atom stereocenters. The van der Waals surface area contributed by atoms with Crippen molar-refractivity contribution in [2.75, 3.05) is 26.4 Å². The van der Waals surface area contributed by atoms with E-state index >= 15 is 0 Å². The molecule has 0 atom stereocenters. The third-order valence-electron chi connectivity index (χ3n) is 4.69. The maximum atomic E-state index is 12.6. The maximum absolute atomic E-state index is 12.6. The molecule has 3 aliphatic rings. The second-order valence-corrected chi connectivity index (χ2v) is 6.67. The van der Waals surface area contributed by atoms with Crippen LogP contribution in [0, 0.1) is 17.3 Å². The van der Waals surface area contributed by atoms with Crippen LogP contribution in [0.25, 0.3) is 0 Å². The molecular formula is C20H20FN3O4. The van der Waals surface area contributed by atoms with Crippen molar-refractivity contribution in [3.8, 4) is 6.07 Å². The van der Waals surface area contributed by atoms with Gasteiger partial charge in [-0.15, -0.1) is 0 Å². The highest BCUT2D eigenvalue weighted by molar-refractivity contribution is 5.34. The number of aromatic nitrogens is 2. The molecule has 5 rings (SSSR count). The Labute approximate surface area is 162 Å². The van der Waals surface area contributed by atoms with Gasteiger partial charge in [-0.1, -0.05) is 12.1 Å². The molecule has 0 aromatic carbocycles. The topological polar surface area (TPSA) is 86.5 Å². The fourth-order valence-electron chi connectivity index (χ4n) is 3.01. The Bertz CT molecular complexity index is 857. The van der Waals surface area contributed by atoms with Gasteiger partial charge in [-0.3, -0.25) is 4.98 Å². The molecule has 2 aromatic rings. The van der Waals surface area contributed by atoms with Gasteiger partial charge in [-0.2, -0.15) is 9.65 Å². The normalized spacial score (nSPS) is 21.0. The summed E-state index contributed by atoms with van der Waals surface area (Å²) in [5, 5.41) is 9.11. The van der Waals surface area contributed by atoms with Crippen molar-refractivity contribution in [2.24, 2.45) is 0 Å². The minimum atomic E-state index is -0.508. The highest BCUT2D eigenvalue weighted by Crippen LogP contribution is 2.46. The summed E-state index contributed by atoms with van der Waals surface area (Å²) in [6.45, 7) is 2.31. The number of halogens is 1. The van der Waals surface area contributed by atoms with Gasteiger partial charge in [0, 0.05) is 0 Å². The van der Waals surface area contributed by atoms with E-state index in [9.17, 15) is 4.39 Å². The summed E-state index contributed by atoms with van der Waals surface area (Å²) in [5.41, 5.74) is 1.78. The molecule has 0 spiro atoms. The van der Waals surface area contributed by atoms with Crippen LogP contribution in [0.2, 0.25) is 0 Å². The van der Waals surface area contributed by atoms with E-state index in [0.29, 0.717) is 32.1 Å². The molecule has 3 fully saturated rings. The van der Waals surface area contributed by atoms with Crippen LogP contribution in [-0.4, -0.2) is 36.4 Å². The summed E-state index contributed by atoms with van der Waals surface area (Å²) in [5.74, 6) is -0.508. The van der Waals surface area contributed by atoms with Crippen LogP contribution in [0.5, 0.6) is 0 Å². The molecule has 2 aromatic heterocycles. The predicted octanol–water partition coefficient (Wildman–Crippen LogP) is 2.95. The van der Waals surface area contributed by atoms with Gasteiger partial charge in [0.15, 0.2) is 0 Å². The molecule has 0 amide bonds. The Morgan fingerprint density at radius 2 is 1.39 bits per heavy atom. The van der Waals surface area contributed by atoms with Gasteiger partial charge >= 0.3 is 0 Å². The minimum Gasteiger partial charge on any atom is -0.345 e. The summed E-state index contributed by atoms with van der Waals surface area (Å²) < 4.78 is 33.7. The second-order valence-electron chi connectivity index (χ2n) is 6.67. The van der Waals surface area contributed by atoms with Crippen molar-refractivity contribution in [1.82, 2.24) is 9.97 Å². The molecule has 1 aliphatic carbocycles. The number of ether oxygens (including phenoxy) is 4. The number of hydrogen-bond donors (Lipinski definition) is 0. The summed E-state index contributed by atoms with van der Waals surface area (Å²) in [6.07, 6.45) is 0.980. The molecule has 0 N–H and O–H groups in total. The lowest BCUT2D eigenvalue weighted by Gasteiger charge is -2.11. The molecule has 2 saturated heterocycles. The predicted molar refractivity (Wildman–Crippen MR) is 94.2 cm³/mol. The minimum absolute atomic E-state index is 0.339. The van der Waals surface area contributed by atoms with Gasteiger partial charge in [0.2, 0.25) is 18.5 Å². The van der Waals surface area contributed by atoms with E-state index in [1.54, 1.807) is 12.1 Å². The quantitative estimate of drug-likeness (QED) is 0.751. The molecule has 1 saturated carbocycles. The average molecular weight is 385 g/mol. The first kappa shape index (κ1) is 18.9. The Balaban J connectivity index is 0.000000143. The first-order valence-corrected chi connectivity index (χ1v) is 9.18. The van der Waals surface area contributed by atoms with Gasteiger partial charge < -0.3 is 18.9 Å². The van der Waals surface area contributed by atoms with Crippen molar-refractivity contribution < 1.29 is 23.3 Å². The lowest BCUT2D eigenvalue weighted by molar-refractivity contribution is -0.0478. The van der Waals surface area contributed by atoms with E-state index in [4.69, 9.17) is 24.2 Å². The van der Waals surface area contributed by atoms with Crippen molar-refractivity contribution in [3.63, 3.8) is 0 Å². The van der Waals surface area contributed by atoms with Gasteiger partial charge in [-0.05, 0) is 37.1 Å². The van der Waals surface area contributed by atoms with Gasteiger partial charge in [0.1, 0.15) is 0 Å². The molecular weight excluding hydrogens is 365 g/mol. The highest BCUT2D eigenvalue weighted by atomic mass is 19.1. The van der Waals surface area contributed by atoms with E-state index in [2.05, 4.69) is 16.0 Å². The first-order chi connectivity index (χ1) is 13.7. The number of rotatable bonds is 3. The fraction of sp³-hybridized carbons (Fsp3) is 0.450. The average Bonchev–Trinajstić information content (AvgIpc) is 3.14. The summed E-state index contributed by atoms with van der Waals surface area (Å²) in [7, 11) is 0. The lowest BCUT2D eigenvalue weighted by Crippen LogP contribution is -2.09. The number of nitrogens with zero attached hydrogens (tertiary/aromatic N) is 3. The molecule has 7 nitrogen and oxygen atoms in total. The van der Waals surface area contributed by atoms with Crippen LogP contribution >= 0.6 is 0 Å². The molecule has 0 bridgehead atoms. The third kappa shape index (κ3) is 4.18. The Morgan fingerprint density at radius 3 is 1.89 bits per heavy atom. The molecule has 2 aliphatic heterocycles. The summed E-state index contributed by atoms with van der Waals surface area (Å²) in [6, 6.07) is 12.6. The Hall–Kier alpha value is -2.44. The monoisotopic (exact) mass is 385 g/mol. The van der Waals surface area contributed by atoms with Crippen molar-refractivity contribution in [1.29, 1.82) is 5.26 Å². The van der Waals surface area contributed by atoms with Crippen LogP contribution in [0.15, 0.2) is 36.4 Å². The van der Waals surface area contributed by atoms with Gasteiger partial charge in [0.25, 0.3) is 0 Å². The third-order valence-corrected chi connectivity index (χ3v) is 4.69. The van der Waals surface area contributed by atoms with E-state index in [-0.39, 0.29) is 11.7 Å². The maximum Gasteiger partial charge on any atom is 0.213 e. The van der Waals surface area contributed by atoms with Crippen LogP contribution in [0.4, 0.5) is 4.39 Å². The summed E-state index contributed by atoms with van der Waals surface area (Å²) in [4.78, 5) is 8.13. The largest absolute Gasteiger partial charge is 0.345 e. The smallest absolute Gasteiger partial charge is 0.213 e. The Morgan fingerprint density at radius 1 is 0.857 bits per heavy atom. The number of nitriles is 1. The standard InChI is InChI=1S/C12H12N2O2.C8H8FNO2/c13-8-12(4-5-12)10-3-1-2-9(14-10)11-15-6-7-16-11;9-7-3-1-2-6(10-7)8-11-4-5-12-8/h1-3,11H,4-7H2;1-3,8H,4-5H2. The first-order valence-electron chi connectivity index (χ1n) is 9.18. The lowest BCUT2D eigenvalue weighted by atomic mass is 10.0. The van der Waals surface area contributed by atoms with Crippen LogP contribution in [0.1, 0.15) is 42.5 Å². The van der Waals surface area contributed by atoms with Gasteiger partial charge in [-0.25, -0.2) is 4.98 Å². The van der Waals surface area contributed by atoms with Crippen molar-refractivity contribution >= 4 is 0 Å². The van der Waals surface area contributed by atoms with E-state index in [1.807, 2.05) is 18.2 Å².